The highest BCUT2D eigenvalue weighted by Crippen LogP contribution is 2.20. The molecule has 0 aromatic rings. The minimum atomic E-state index is -0.472. The first-order valence-electron chi connectivity index (χ1n) is 5.25. The van der Waals surface area contributed by atoms with E-state index in [0.29, 0.717) is 26.2 Å². The number of ether oxygens (including phenoxy) is 1. The molecule has 1 unspecified atom stereocenters. The van der Waals surface area contributed by atoms with Crippen LogP contribution in [-0.2, 0) is 9.53 Å². The molecule has 1 atom stereocenters. The summed E-state index contributed by atoms with van der Waals surface area (Å²) in [6, 6.07) is -0.472. The Morgan fingerprint density at radius 1 is 1.73 bits per heavy atom. The van der Waals surface area contributed by atoms with E-state index in [4.69, 9.17) is 10.5 Å². The molecular weight excluding hydrogens is 192 g/mol. The van der Waals surface area contributed by atoms with E-state index in [2.05, 4.69) is 6.58 Å². The third-order valence-corrected chi connectivity index (χ3v) is 2.65. The fraction of sp³-hybridized carbons (Fsp3) is 0.727. The van der Waals surface area contributed by atoms with E-state index in [1.165, 1.54) is 0 Å². The normalized spacial score (nSPS) is 22.2. The van der Waals surface area contributed by atoms with Crippen LogP contribution in [0, 0.1) is 0 Å². The fourth-order valence-corrected chi connectivity index (χ4v) is 1.75. The molecule has 15 heavy (non-hydrogen) atoms. The van der Waals surface area contributed by atoms with Gasteiger partial charge in [-0.25, -0.2) is 0 Å². The van der Waals surface area contributed by atoms with Crippen molar-refractivity contribution in [2.75, 3.05) is 19.8 Å². The Kier molecular flexibility index (Phi) is 3.88. The van der Waals surface area contributed by atoms with Crippen molar-refractivity contribution < 1.29 is 9.53 Å². The molecule has 0 aromatic carbocycles. The van der Waals surface area contributed by atoms with Crippen molar-refractivity contribution in [1.29, 1.82) is 0 Å². The molecule has 0 aliphatic carbocycles. The van der Waals surface area contributed by atoms with Gasteiger partial charge >= 0.3 is 0 Å². The largest absolute Gasteiger partial charge is 0.377 e. The molecule has 0 saturated carbocycles. The van der Waals surface area contributed by atoms with E-state index in [0.717, 1.165) is 0 Å². The number of rotatable bonds is 3. The predicted octanol–water partition coefficient (Wildman–Crippen LogP) is 0.527. The molecule has 1 fully saturated rings. The van der Waals surface area contributed by atoms with Crippen LogP contribution in [0.25, 0.3) is 0 Å². The summed E-state index contributed by atoms with van der Waals surface area (Å²) in [5.41, 5.74) is 5.52. The monoisotopic (exact) mass is 212 g/mol. The van der Waals surface area contributed by atoms with Gasteiger partial charge in [-0.2, -0.15) is 0 Å². The summed E-state index contributed by atoms with van der Waals surface area (Å²) in [5.74, 6) is -0.0109. The maximum atomic E-state index is 12.0. The van der Waals surface area contributed by atoms with Crippen molar-refractivity contribution in [2.45, 2.75) is 31.8 Å². The van der Waals surface area contributed by atoms with Gasteiger partial charge in [-0.15, -0.1) is 6.58 Å². The average Bonchev–Trinajstić information content (AvgIpc) is 2.16. The molecule has 4 nitrogen and oxygen atoms in total. The van der Waals surface area contributed by atoms with Crippen molar-refractivity contribution in [3.63, 3.8) is 0 Å². The highest BCUT2D eigenvalue weighted by molar-refractivity contribution is 5.82. The number of morpholine rings is 1. The van der Waals surface area contributed by atoms with Crippen LogP contribution >= 0.6 is 0 Å². The van der Waals surface area contributed by atoms with Crippen LogP contribution in [0.15, 0.2) is 12.7 Å². The Balaban J connectivity index is 2.68. The molecule has 1 amide bonds. The van der Waals surface area contributed by atoms with Gasteiger partial charge in [-0.1, -0.05) is 6.08 Å². The first-order valence-corrected chi connectivity index (χ1v) is 5.25. The zero-order valence-corrected chi connectivity index (χ0v) is 9.53. The molecule has 1 heterocycles. The molecule has 0 bridgehead atoms. The molecule has 1 rings (SSSR count). The summed E-state index contributed by atoms with van der Waals surface area (Å²) in [4.78, 5) is 13.8. The molecule has 0 spiro atoms. The number of carbonyl (C=O) groups is 1. The Morgan fingerprint density at radius 3 is 2.93 bits per heavy atom. The van der Waals surface area contributed by atoms with E-state index in [1.54, 1.807) is 6.08 Å². The van der Waals surface area contributed by atoms with Crippen LogP contribution in [0.4, 0.5) is 0 Å². The Hall–Kier alpha value is -0.870. The van der Waals surface area contributed by atoms with Gasteiger partial charge in [0.05, 0.1) is 24.8 Å². The van der Waals surface area contributed by atoms with E-state index in [9.17, 15) is 4.79 Å². The molecule has 86 valence electrons. The number of carbonyl (C=O) groups excluding carboxylic acids is 1. The van der Waals surface area contributed by atoms with Crippen LogP contribution in [0.5, 0.6) is 0 Å². The van der Waals surface area contributed by atoms with Gasteiger partial charge in [-0.05, 0) is 20.3 Å². The lowest BCUT2D eigenvalue weighted by Crippen LogP contribution is -2.59. The molecule has 1 saturated heterocycles. The fourth-order valence-electron chi connectivity index (χ4n) is 1.75. The molecule has 1 aliphatic heterocycles. The summed E-state index contributed by atoms with van der Waals surface area (Å²) >= 11 is 0. The van der Waals surface area contributed by atoms with E-state index in [-0.39, 0.29) is 11.4 Å². The number of amides is 1. The smallest absolute Gasteiger partial charge is 0.240 e. The second kappa shape index (κ2) is 4.77. The Morgan fingerprint density at radius 2 is 2.40 bits per heavy atom. The van der Waals surface area contributed by atoms with E-state index in [1.807, 2.05) is 18.7 Å². The topological polar surface area (TPSA) is 55.6 Å². The summed E-state index contributed by atoms with van der Waals surface area (Å²) in [6.45, 7) is 9.35. The van der Waals surface area contributed by atoms with Crippen LogP contribution in [-0.4, -0.2) is 42.1 Å². The van der Waals surface area contributed by atoms with Crippen molar-refractivity contribution in [1.82, 2.24) is 4.90 Å². The Bertz CT molecular complexity index is 251. The second-order valence-corrected chi connectivity index (χ2v) is 4.49. The zero-order chi connectivity index (χ0) is 11.5. The average molecular weight is 212 g/mol. The van der Waals surface area contributed by atoms with Gasteiger partial charge in [0.15, 0.2) is 0 Å². The SMILES string of the molecule is C=CCC(N)C(=O)N1CCOCC1(C)C. The van der Waals surface area contributed by atoms with Gasteiger partial charge in [-0.3, -0.25) is 4.79 Å². The minimum absolute atomic E-state index is 0.0109. The maximum Gasteiger partial charge on any atom is 0.240 e. The predicted molar refractivity (Wildman–Crippen MR) is 59.4 cm³/mol. The highest BCUT2D eigenvalue weighted by Gasteiger charge is 2.35. The molecule has 1 aliphatic rings. The van der Waals surface area contributed by atoms with Gasteiger partial charge in [0.2, 0.25) is 5.91 Å². The van der Waals surface area contributed by atoms with Crippen molar-refractivity contribution in [2.24, 2.45) is 5.73 Å². The number of nitrogens with two attached hydrogens (primary N) is 1. The third kappa shape index (κ3) is 2.79. The maximum absolute atomic E-state index is 12.0. The van der Waals surface area contributed by atoms with Crippen LogP contribution in [0.3, 0.4) is 0 Å². The van der Waals surface area contributed by atoms with Crippen molar-refractivity contribution in [3.8, 4) is 0 Å². The van der Waals surface area contributed by atoms with Crippen molar-refractivity contribution in [3.05, 3.63) is 12.7 Å². The summed E-state index contributed by atoms with van der Waals surface area (Å²) < 4.78 is 5.35. The lowest BCUT2D eigenvalue weighted by Gasteiger charge is -2.43. The van der Waals surface area contributed by atoms with E-state index < -0.39 is 6.04 Å². The Labute approximate surface area is 91.1 Å². The van der Waals surface area contributed by atoms with Gasteiger partial charge < -0.3 is 15.4 Å². The zero-order valence-electron chi connectivity index (χ0n) is 9.53. The number of nitrogens with zero attached hydrogens (tertiary/aromatic N) is 1. The summed E-state index contributed by atoms with van der Waals surface area (Å²) in [7, 11) is 0. The second-order valence-electron chi connectivity index (χ2n) is 4.49. The molecular formula is C11H20N2O2. The number of hydrogen-bond donors (Lipinski definition) is 1. The van der Waals surface area contributed by atoms with Crippen LogP contribution in [0.2, 0.25) is 0 Å². The molecule has 4 heteroatoms. The van der Waals surface area contributed by atoms with Gasteiger partial charge in [0.1, 0.15) is 0 Å². The first-order chi connectivity index (χ1) is 6.99. The van der Waals surface area contributed by atoms with E-state index >= 15 is 0 Å². The van der Waals surface area contributed by atoms with Crippen LogP contribution < -0.4 is 5.73 Å². The number of hydrogen-bond acceptors (Lipinski definition) is 3. The highest BCUT2D eigenvalue weighted by atomic mass is 16.5. The molecule has 0 radical (unpaired) electrons. The molecule has 2 N–H and O–H groups in total. The lowest BCUT2D eigenvalue weighted by molar-refractivity contribution is -0.147. The van der Waals surface area contributed by atoms with Gasteiger partial charge in [0, 0.05) is 6.54 Å². The standard InChI is InChI=1S/C11H20N2O2/c1-4-5-9(12)10(14)13-6-7-15-8-11(13,2)3/h4,9H,1,5-8,12H2,2-3H3. The van der Waals surface area contributed by atoms with Crippen molar-refractivity contribution >= 4 is 5.91 Å². The third-order valence-electron chi connectivity index (χ3n) is 2.65. The lowest BCUT2D eigenvalue weighted by atomic mass is 10.0. The first kappa shape index (κ1) is 12.2. The molecule has 0 aromatic heterocycles. The minimum Gasteiger partial charge on any atom is -0.377 e. The summed E-state index contributed by atoms with van der Waals surface area (Å²) in [5, 5.41) is 0. The van der Waals surface area contributed by atoms with Crippen LogP contribution in [0.1, 0.15) is 20.3 Å². The quantitative estimate of drug-likeness (QED) is 0.694. The summed E-state index contributed by atoms with van der Waals surface area (Å²) in [6.07, 6.45) is 2.20. The van der Waals surface area contributed by atoms with Gasteiger partial charge in [0.25, 0.3) is 0 Å².